The zero-order chi connectivity index (χ0) is 13.5. The summed E-state index contributed by atoms with van der Waals surface area (Å²) in [4.78, 5) is 3.45. The molecule has 0 aliphatic carbocycles. The second-order valence-electron chi connectivity index (χ2n) is 5.36. The van der Waals surface area contributed by atoms with Gasteiger partial charge in [0.1, 0.15) is 0 Å². The minimum atomic E-state index is 0.822. The van der Waals surface area contributed by atoms with Gasteiger partial charge in [0, 0.05) is 23.2 Å². The lowest BCUT2D eigenvalue weighted by Crippen LogP contribution is -2.18. The van der Waals surface area contributed by atoms with Gasteiger partial charge < -0.3 is 10.3 Å². The van der Waals surface area contributed by atoms with Crippen LogP contribution in [-0.4, -0.2) is 23.8 Å². The smallest absolute Gasteiger partial charge is 0.0732 e. The molecule has 0 fully saturated rings. The SMILES string of the molecule is CC(C)CCCNCCSc1cc2ccccc2[nH]1. The summed E-state index contributed by atoms with van der Waals surface area (Å²) in [5.74, 6) is 1.94. The van der Waals surface area contributed by atoms with E-state index in [9.17, 15) is 0 Å². The first-order valence-corrected chi connectivity index (χ1v) is 8.15. The molecule has 1 aromatic heterocycles. The number of H-pyrrole nitrogens is 1. The molecule has 3 heteroatoms. The maximum atomic E-state index is 3.51. The number of hydrogen-bond donors (Lipinski definition) is 2. The third-order valence-corrected chi connectivity index (χ3v) is 4.12. The van der Waals surface area contributed by atoms with Crippen LogP contribution < -0.4 is 5.32 Å². The van der Waals surface area contributed by atoms with Crippen LogP contribution in [0.2, 0.25) is 0 Å². The minimum absolute atomic E-state index is 0.822. The molecule has 2 aromatic rings. The number of aromatic nitrogens is 1. The Morgan fingerprint density at radius 3 is 2.84 bits per heavy atom. The van der Waals surface area contributed by atoms with Gasteiger partial charge in [-0.25, -0.2) is 0 Å². The van der Waals surface area contributed by atoms with Gasteiger partial charge in [-0.1, -0.05) is 32.0 Å². The van der Waals surface area contributed by atoms with Crippen molar-refractivity contribution in [3.05, 3.63) is 30.3 Å². The fourth-order valence-corrected chi connectivity index (χ4v) is 2.98. The van der Waals surface area contributed by atoms with Gasteiger partial charge in [0.25, 0.3) is 0 Å². The summed E-state index contributed by atoms with van der Waals surface area (Å²) < 4.78 is 0. The van der Waals surface area contributed by atoms with Crippen LogP contribution in [0, 0.1) is 5.92 Å². The molecule has 0 atom stereocenters. The van der Waals surface area contributed by atoms with Crippen molar-refractivity contribution >= 4 is 22.7 Å². The molecule has 2 rings (SSSR count). The summed E-state index contributed by atoms with van der Waals surface area (Å²) in [7, 11) is 0. The Balaban J connectivity index is 1.63. The molecule has 0 radical (unpaired) electrons. The van der Waals surface area contributed by atoms with E-state index in [1.165, 1.54) is 28.8 Å². The first-order valence-electron chi connectivity index (χ1n) is 7.17. The molecule has 2 nitrogen and oxygen atoms in total. The van der Waals surface area contributed by atoms with Crippen LogP contribution >= 0.6 is 11.8 Å². The van der Waals surface area contributed by atoms with Crippen LogP contribution in [0.4, 0.5) is 0 Å². The molecule has 0 amide bonds. The molecular weight excluding hydrogens is 252 g/mol. The Bertz CT molecular complexity index is 457. The minimum Gasteiger partial charge on any atom is -0.350 e. The molecule has 0 saturated heterocycles. The van der Waals surface area contributed by atoms with E-state index in [4.69, 9.17) is 0 Å². The molecule has 0 spiro atoms. The van der Waals surface area contributed by atoms with Crippen molar-refractivity contribution in [1.29, 1.82) is 0 Å². The number of rotatable bonds is 8. The molecule has 19 heavy (non-hydrogen) atoms. The van der Waals surface area contributed by atoms with E-state index in [1.807, 2.05) is 11.8 Å². The van der Waals surface area contributed by atoms with Crippen molar-refractivity contribution in [3.8, 4) is 0 Å². The molecule has 104 valence electrons. The van der Waals surface area contributed by atoms with Crippen molar-refractivity contribution in [2.75, 3.05) is 18.8 Å². The highest BCUT2D eigenvalue weighted by molar-refractivity contribution is 7.99. The van der Waals surface area contributed by atoms with Gasteiger partial charge in [0.05, 0.1) is 5.03 Å². The van der Waals surface area contributed by atoms with E-state index in [0.29, 0.717) is 0 Å². The van der Waals surface area contributed by atoms with E-state index >= 15 is 0 Å². The van der Waals surface area contributed by atoms with Crippen LogP contribution in [0.5, 0.6) is 0 Å². The van der Waals surface area contributed by atoms with Gasteiger partial charge in [-0.3, -0.25) is 0 Å². The van der Waals surface area contributed by atoms with Crippen molar-refractivity contribution < 1.29 is 0 Å². The average Bonchev–Trinajstić information content (AvgIpc) is 2.79. The topological polar surface area (TPSA) is 27.8 Å². The molecule has 0 unspecified atom stereocenters. The zero-order valence-corrected chi connectivity index (χ0v) is 12.7. The van der Waals surface area contributed by atoms with E-state index in [-0.39, 0.29) is 0 Å². The number of para-hydroxylation sites is 1. The quantitative estimate of drug-likeness (QED) is 0.556. The lowest BCUT2D eigenvalue weighted by atomic mass is 10.1. The fraction of sp³-hybridized carbons (Fsp3) is 0.500. The first-order chi connectivity index (χ1) is 9.25. The van der Waals surface area contributed by atoms with Crippen LogP contribution in [-0.2, 0) is 0 Å². The standard InChI is InChI=1S/C16H24N2S/c1-13(2)6-5-9-17-10-11-19-16-12-14-7-3-4-8-15(14)18-16/h3-4,7-8,12-13,17-18H,5-6,9-11H2,1-2H3. The Kier molecular flexibility index (Phi) is 5.80. The van der Waals surface area contributed by atoms with Gasteiger partial charge in [0.2, 0.25) is 0 Å². The summed E-state index contributed by atoms with van der Waals surface area (Å²) in [5, 5.41) is 6.08. The lowest BCUT2D eigenvalue weighted by molar-refractivity contribution is 0.534. The number of fused-ring (bicyclic) bond motifs is 1. The highest BCUT2D eigenvalue weighted by Gasteiger charge is 2.00. The summed E-state index contributed by atoms with van der Waals surface area (Å²) in [5.41, 5.74) is 1.23. The molecule has 0 bridgehead atoms. The van der Waals surface area contributed by atoms with Gasteiger partial charge in [-0.15, -0.1) is 11.8 Å². The highest BCUT2D eigenvalue weighted by Crippen LogP contribution is 2.22. The first kappa shape index (κ1) is 14.5. The Hall–Kier alpha value is -0.930. The summed E-state index contributed by atoms with van der Waals surface area (Å²) >= 11 is 1.89. The third kappa shape index (κ3) is 4.92. The average molecular weight is 276 g/mol. The number of hydrogen-bond acceptors (Lipinski definition) is 2. The van der Waals surface area contributed by atoms with Crippen LogP contribution in [0.1, 0.15) is 26.7 Å². The zero-order valence-electron chi connectivity index (χ0n) is 11.9. The van der Waals surface area contributed by atoms with E-state index in [2.05, 4.69) is 54.5 Å². The number of benzene rings is 1. The van der Waals surface area contributed by atoms with Gasteiger partial charge in [0.15, 0.2) is 0 Å². The molecule has 0 saturated carbocycles. The second kappa shape index (κ2) is 7.61. The maximum absolute atomic E-state index is 3.51. The number of nitrogens with one attached hydrogen (secondary N) is 2. The largest absolute Gasteiger partial charge is 0.350 e. The van der Waals surface area contributed by atoms with E-state index < -0.39 is 0 Å². The monoisotopic (exact) mass is 276 g/mol. The van der Waals surface area contributed by atoms with Crippen LogP contribution in [0.3, 0.4) is 0 Å². The molecule has 2 N–H and O–H groups in total. The van der Waals surface area contributed by atoms with Crippen LogP contribution in [0.15, 0.2) is 35.4 Å². The van der Waals surface area contributed by atoms with E-state index in [1.54, 1.807) is 0 Å². The molecule has 0 aliphatic rings. The maximum Gasteiger partial charge on any atom is 0.0732 e. The molecular formula is C16H24N2S. The molecule has 1 heterocycles. The van der Waals surface area contributed by atoms with Gasteiger partial charge >= 0.3 is 0 Å². The van der Waals surface area contributed by atoms with Crippen molar-refractivity contribution in [1.82, 2.24) is 10.3 Å². The second-order valence-corrected chi connectivity index (χ2v) is 6.49. The third-order valence-electron chi connectivity index (χ3n) is 3.18. The Morgan fingerprint density at radius 1 is 1.21 bits per heavy atom. The lowest BCUT2D eigenvalue weighted by Gasteiger charge is -2.05. The van der Waals surface area contributed by atoms with E-state index in [0.717, 1.165) is 24.8 Å². The van der Waals surface area contributed by atoms with Crippen molar-refractivity contribution in [2.24, 2.45) is 5.92 Å². The van der Waals surface area contributed by atoms with Crippen LogP contribution in [0.25, 0.3) is 10.9 Å². The highest BCUT2D eigenvalue weighted by atomic mass is 32.2. The number of thioether (sulfide) groups is 1. The summed E-state index contributed by atoms with van der Waals surface area (Å²) in [6.07, 6.45) is 2.61. The van der Waals surface area contributed by atoms with Gasteiger partial charge in [-0.05, 0) is 37.4 Å². The molecule has 0 aliphatic heterocycles. The summed E-state index contributed by atoms with van der Waals surface area (Å²) in [6, 6.07) is 10.7. The van der Waals surface area contributed by atoms with Gasteiger partial charge in [-0.2, -0.15) is 0 Å². The van der Waals surface area contributed by atoms with Crippen molar-refractivity contribution in [3.63, 3.8) is 0 Å². The summed E-state index contributed by atoms with van der Waals surface area (Å²) in [6.45, 7) is 6.79. The van der Waals surface area contributed by atoms with Crippen molar-refractivity contribution in [2.45, 2.75) is 31.7 Å². The normalized spacial score (nSPS) is 11.5. The molecule has 1 aromatic carbocycles. The fourth-order valence-electron chi connectivity index (χ4n) is 2.12. The predicted octanol–water partition coefficient (Wildman–Crippen LogP) is 4.29. The Labute approximate surface area is 120 Å². The Morgan fingerprint density at radius 2 is 2.05 bits per heavy atom. The predicted molar refractivity (Wildman–Crippen MR) is 86.0 cm³/mol. The number of aromatic amines is 1.